The second-order valence-electron chi connectivity index (χ2n) is 4.70. The van der Waals surface area contributed by atoms with E-state index in [0.717, 1.165) is 0 Å². The number of rotatable bonds is 7. The quantitative estimate of drug-likeness (QED) is 0.734. The zero-order valence-electron chi connectivity index (χ0n) is 11.6. The summed E-state index contributed by atoms with van der Waals surface area (Å²) < 4.78 is 1.63. The molecule has 2 N–H and O–H groups in total. The average Bonchev–Trinajstić information content (AvgIpc) is 2.41. The standard InChI is InChI=1S/C13H19BrN4O2/c1-4-5-18-13(20)12(14)10(7-17-18)15-8-11(19)16-6-9(2)3/h4,7,9,15H,1,5-6,8H2,2-3H3,(H,16,19). The van der Waals surface area contributed by atoms with Crippen molar-refractivity contribution in [3.8, 4) is 0 Å². The molecule has 0 radical (unpaired) electrons. The average molecular weight is 343 g/mol. The third-order valence-corrected chi connectivity index (χ3v) is 3.20. The van der Waals surface area contributed by atoms with E-state index in [0.29, 0.717) is 29.2 Å². The molecule has 6 nitrogen and oxygen atoms in total. The van der Waals surface area contributed by atoms with E-state index in [-0.39, 0.29) is 18.0 Å². The molecule has 20 heavy (non-hydrogen) atoms. The minimum absolute atomic E-state index is 0.0952. The first-order valence-corrected chi connectivity index (χ1v) is 7.12. The number of nitrogens with one attached hydrogen (secondary N) is 2. The summed E-state index contributed by atoms with van der Waals surface area (Å²) in [6, 6.07) is 0. The topological polar surface area (TPSA) is 76.0 Å². The fourth-order valence-corrected chi connectivity index (χ4v) is 1.84. The van der Waals surface area contributed by atoms with Crippen LogP contribution in [0.2, 0.25) is 0 Å². The number of hydrogen-bond acceptors (Lipinski definition) is 4. The van der Waals surface area contributed by atoms with E-state index in [1.807, 2.05) is 13.8 Å². The van der Waals surface area contributed by atoms with Crippen molar-refractivity contribution in [1.82, 2.24) is 15.1 Å². The van der Waals surface area contributed by atoms with E-state index in [1.165, 1.54) is 10.9 Å². The van der Waals surface area contributed by atoms with Gasteiger partial charge in [-0.2, -0.15) is 5.10 Å². The summed E-state index contributed by atoms with van der Waals surface area (Å²) in [6.45, 7) is 8.66. The lowest BCUT2D eigenvalue weighted by atomic mass is 10.2. The van der Waals surface area contributed by atoms with Crippen molar-refractivity contribution in [1.29, 1.82) is 0 Å². The molecule has 0 aliphatic rings. The van der Waals surface area contributed by atoms with Gasteiger partial charge in [0, 0.05) is 6.54 Å². The second kappa shape index (κ2) is 7.84. The minimum Gasteiger partial charge on any atom is -0.374 e. The Bertz CT molecular complexity index is 540. The highest BCUT2D eigenvalue weighted by molar-refractivity contribution is 9.10. The summed E-state index contributed by atoms with van der Waals surface area (Å²) in [4.78, 5) is 23.5. The molecular formula is C13H19BrN4O2. The number of amides is 1. The minimum atomic E-state index is -0.266. The normalized spacial score (nSPS) is 10.4. The maximum absolute atomic E-state index is 11.9. The molecule has 110 valence electrons. The monoisotopic (exact) mass is 342 g/mol. The van der Waals surface area contributed by atoms with E-state index in [2.05, 4.69) is 38.2 Å². The van der Waals surface area contributed by atoms with Gasteiger partial charge in [-0.15, -0.1) is 6.58 Å². The van der Waals surface area contributed by atoms with Gasteiger partial charge in [0.1, 0.15) is 4.47 Å². The molecule has 7 heteroatoms. The van der Waals surface area contributed by atoms with Crippen molar-refractivity contribution >= 4 is 27.5 Å². The summed E-state index contributed by atoms with van der Waals surface area (Å²) in [5.41, 5.74) is 0.229. The van der Waals surface area contributed by atoms with Gasteiger partial charge < -0.3 is 10.6 Å². The number of carbonyl (C=O) groups is 1. The van der Waals surface area contributed by atoms with E-state index in [1.54, 1.807) is 6.08 Å². The van der Waals surface area contributed by atoms with Gasteiger partial charge >= 0.3 is 0 Å². The number of allylic oxidation sites excluding steroid dienone is 1. The van der Waals surface area contributed by atoms with Crippen LogP contribution in [0.1, 0.15) is 13.8 Å². The van der Waals surface area contributed by atoms with Crippen LogP contribution in [-0.2, 0) is 11.3 Å². The number of anilines is 1. The van der Waals surface area contributed by atoms with Crippen molar-refractivity contribution in [2.75, 3.05) is 18.4 Å². The Kier molecular flexibility index (Phi) is 6.44. The first-order chi connectivity index (χ1) is 9.45. The van der Waals surface area contributed by atoms with E-state index in [4.69, 9.17) is 0 Å². The Balaban J connectivity index is 2.65. The van der Waals surface area contributed by atoms with E-state index in [9.17, 15) is 9.59 Å². The molecule has 0 bridgehead atoms. The lowest BCUT2D eigenvalue weighted by Gasteiger charge is -2.11. The van der Waals surface area contributed by atoms with Gasteiger partial charge in [0.15, 0.2) is 0 Å². The lowest BCUT2D eigenvalue weighted by Crippen LogP contribution is -2.33. The third kappa shape index (κ3) is 4.80. The smallest absolute Gasteiger partial charge is 0.283 e. The van der Waals surface area contributed by atoms with Crippen LogP contribution in [0.4, 0.5) is 5.69 Å². The van der Waals surface area contributed by atoms with Crippen molar-refractivity contribution in [2.24, 2.45) is 5.92 Å². The molecule has 1 heterocycles. The molecule has 0 unspecified atom stereocenters. The number of hydrogen-bond donors (Lipinski definition) is 2. The second-order valence-corrected chi connectivity index (χ2v) is 5.49. The maximum Gasteiger partial charge on any atom is 0.283 e. The molecule has 0 aromatic carbocycles. The highest BCUT2D eigenvalue weighted by Gasteiger charge is 2.09. The van der Waals surface area contributed by atoms with Gasteiger partial charge in [0.05, 0.1) is 25.0 Å². The van der Waals surface area contributed by atoms with Crippen LogP contribution in [0.25, 0.3) is 0 Å². The predicted molar refractivity (Wildman–Crippen MR) is 82.7 cm³/mol. The summed E-state index contributed by atoms with van der Waals surface area (Å²) in [5.74, 6) is 0.274. The SMILES string of the molecule is C=CCn1ncc(NCC(=O)NCC(C)C)c(Br)c1=O. The Morgan fingerprint density at radius 3 is 2.90 bits per heavy atom. The third-order valence-electron chi connectivity index (χ3n) is 2.43. The van der Waals surface area contributed by atoms with Crippen LogP contribution in [0.3, 0.4) is 0 Å². The number of carbonyl (C=O) groups excluding carboxylic acids is 1. The molecule has 1 rings (SSSR count). The number of aromatic nitrogens is 2. The Morgan fingerprint density at radius 1 is 1.60 bits per heavy atom. The van der Waals surface area contributed by atoms with Crippen LogP contribution in [-0.4, -0.2) is 28.8 Å². The summed E-state index contributed by atoms with van der Waals surface area (Å²) in [6.07, 6.45) is 3.10. The molecule has 0 fully saturated rings. The highest BCUT2D eigenvalue weighted by Crippen LogP contribution is 2.15. The predicted octanol–water partition coefficient (Wildman–Crippen LogP) is 1.38. The van der Waals surface area contributed by atoms with Crippen molar-refractivity contribution in [3.63, 3.8) is 0 Å². The Labute approximate surface area is 126 Å². The van der Waals surface area contributed by atoms with Crippen LogP contribution in [0, 0.1) is 5.92 Å². The fourth-order valence-electron chi connectivity index (χ4n) is 1.40. The molecule has 1 aromatic heterocycles. The zero-order chi connectivity index (χ0) is 15.1. The lowest BCUT2D eigenvalue weighted by molar-refractivity contribution is -0.119. The van der Waals surface area contributed by atoms with Gasteiger partial charge in [0.25, 0.3) is 5.56 Å². The first-order valence-electron chi connectivity index (χ1n) is 6.32. The molecule has 1 aromatic rings. The molecular weight excluding hydrogens is 324 g/mol. The highest BCUT2D eigenvalue weighted by atomic mass is 79.9. The van der Waals surface area contributed by atoms with Gasteiger partial charge in [-0.3, -0.25) is 9.59 Å². The molecule has 0 aliphatic carbocycles. The molecule has 0 atom stereocenters. The van der Waals surface area contributed by atoms with Gasteiger partial charge in [-0.05, 0) is 21.8 Å². The Morgan fingerprint density at radius 2 is 2.30 bits per heavy atom. The zero-order valence-corrected chi connectivity index (χ0v) is 13.2. The fraction of sp³-hybridized carbons (Fsp3) is 0.462. The van der Waals surface area contributed by atoms with Crippen molar-refractivity contribution < 1.29 is 4.79 Å². The van der Waals surface area contributed by atoms with Crippen LogP contribution < -0.4 is 16.2 Å². The molecule has 0 saturated carbocycles. The largest absolute Gasteiger partial charge is 0.374 e. The summed E-state index contributed by atoms with van der Waals surface area (Å²) in [7, 11) is 0. The van der Waals surface area contributed by atoms with Gasteiger partial charge in [-0.25, -0.2) is 4.68 Å². The van der Waals surface area contributed by atoms with E-state index < -0.39 is 0 Å². The molecule has 0 saturated heterocycles. The van der Waals surface area contributed by atoms with E-state index >= 15 is 0 Å². The summed E-state index contributed by atoms with van der Waals surface area (Å²) >= 11 is 3.21. The van der Waals surface area contributed by atoms with Crippen LogP contribution in [0.5, 0.6) is 0 Å². The number of nitrogens with zero attached hydrogens (tertiary/aromatic N) is 2. The number of halogens is 1. The molecule has 0 spiro atoms. The van der Waals surface area contributed by atoms with Crippen LogP contribution >= 0.6 is 15.9 Å². The first kappa shape index (κ1) is 16.4. The summed E-state index contributed by atoms with van der Waals surface area (Å²) in [5, 5.41) is 9.66. The van der Waals surface area contributed by atoms with Crippen molar-refractivity contribution in [2.45, 2.75) is 20.4 Å². The molecule has 1 amide bonds. The molecule has 0 aliphatic heterocycles. The van der Waals surface area contributed by atoms with Gasteiger partial charge in [-0.1, -0.05) is 19.9 Å². The van der Waals surface area contributed by atoms with Crippen molar-refractivity contribution in [3.05, 3.63) is 33.7 Å². The maximum atomic E-state index is 11.9. The Hall–Kier alpha value is -1.63. The van der Waals surface area contributed by atoms with Gasteiger partial charge in [0.2, 0.25) is 5.91 Å². The van der Waals surface area contributed by atoms with Crippen LogP contribution in [0.15, 0.2) is 28.1 Å².